The van der Waals surface area contributed by atoms with Crippen LogP contribution in [0.25, 0.3) is 6.08 Å². The number of ether oxygens (including phenoxy) is 2. The van der Waals surface area contributed by atoms with Crippen molar-refractivity contribution < 1.29 is 19.1 Å². The van der Waals surface area contributed by atoms with Crippen LogP contribution < -0.4 is 9.47 Å². The standard InChI is InChI=1S/C18H12BrClO4/c1-10(20)18(22)23-12-6-7-13-15(9-12)24-16(17(13)21)8-11-4-2-3-5-14(11)19/h2-10H,1H3/b16-8-. The molecule has 0 aliphatic carbocycles. The van der Waals surface area contributed by atoms with Crippen LogP contribution in [0.1, 0.15) is 22.8 Å². The van der Waals surface area contributed by atoms with Crippen LogP contribution in [0.15, 0.2) is 52.7 Å². The van der Waals surface area contributed by atoms with E-state index in [1.54, 1.807) is 18.2 Å². The highest BCUT2D eigenvalue weighted by atomic mass is 79.9. The lowest BCUT2D eigenvalue weighted by Crippen LogP contribution is -2.17. The van der Waals surface area contributed by atoms with E-state index in [2.05, 4.69) is 15.9 Å². The molecule has 6 heteroatoms. The normalized spacial score (nSPS) is 15.8. The van der Waals surface area contributed by atoms with Crippen molar-refractivity contribution in [3.05, 3.63) is 63.8 Å². The molecule has 0 saturated carbocycles. The van der Waals surface area contributed by atoms with Crippen LogP contribution in [0.2, 0.25) is 0 Å². The second kappa shape index (κ2) is 6.79. The molecule has 1 aliphatic heterocycles. The van der Waals surface area contributed by atoms with Gasteiger partial charge in [-0.3, -0.25) is 9.59 Å². The molecule has 0 N–H and O–H groups in total. The molecule has 1 aliphatic rings. The molecule has 0 aromatic heterocycles. The number of benzene rings is 2. The molecule has 4 nitrogen and oxygen atoms in total. The van der Waals surface area contributed by atoms with E-state index in [-0.39, 0.29) is 17.3 Å². The lowest BCUT2D eigenvalue weighted by molar-refractivity contribution is -0.133. The third-order valence-electron chi connectivity index (χ3n) is 3.38. The summed E-state index contributed by atoms with van der Waals surface area (Å²) in [5, 5.41) is -0.758. The van der Waals surface area contributed by atoms with E-state index in [0.29, 0.717) is 11.3 Å². The topological polar surface area (TPSA) is 52.6 Å². The highest BCUT2D eigenvalue weighted by molar-refractivity contribution is 9.10. The Morgan fingerprint density at radius 3 is 2.75 bits per heavy atom. The molecular formula is C18H12BrClO4. The molecule has 0 bridgehead atoms. The first-order valence-electron chi connectivity index (χ1n) is 7.14. The Labute approximate surface area is 152 Å². The average Bonchev–Trinajstić information content (AvgIpc) is 2.85. The Balaban J connectivity index is 1.88. The van der Waals surface area contributed by atoms with E-state index in [1.807, 2.05) is 24.3 Å². The molecule has 2 aromatic carbocycles. The van der Waals surface area contributed by atoms with Crippen LogP contribution in [-0.4, -0.2) is 17.1 Å². The summed E-state index contributed by atoms with van der Waals surface area (Å²) in [5.74, 6) is 0.0624. The Morgan fingerprint density at radius 2 is 2.04 bits per heavy atom. The van der Waals surface area contributed by atoms with Crippen LogP contribution in [0.5, 0.6) is 11.5 Å². The van der Waals surface area contributed by atoms with Crippen molar-refractivity contribution in [1.82, 2.24) is 0 Å². The number of hydrogen-bond donors (Lipinski definition) is 0. The fourth-order valence-corrected chi connectivity index (χ4v) is 2.61. The molecule has 3 rings (SSSR count). The lowest BCUT2D eigenvalue weighted by Gasteiger charge is -2.06. The van der Waals surface area contributed by atoms with Gasteiger partial charge in [0.05, 0.1) is 5.56 Å². The second-order valence-corrected chi connectivity index (χ2v) is 6.67. The predicted molar refractivity (Wildman–Crippen MR) is 94.5 cm³/mol. The third-order valence-corrected chi connectivity index (χ3v) is 4.28. The molecule has 24 heavy (non-hydrogen) atoms. The minimum absolute atomic E-state index is 0.214. The van der Waals surface area contributed by atoms with Crippen LogP contribution in [0.3, 0.4) is 0 Å². The van der Waals surface area contributed by atoms with E-state index in [4.69, 9.17) is 21.1 Å². The minimum Gasteiger partial charge on any atom is -0.452 e. The van der Waals surface area contributed by atoms with Gasteiger partial charge in [-0.15, -0.1) is 11.6 Å². The van der Waals surface area contributed by atoms with Crippen LogP contribution >= 0.6 is 27.5 Å². The Hall–Kier alpha value is -2.11. The lowest BCUT2D eigenvalue weighted by atomic mass is 10.1. The zero-order valence-corrected chi connectivity index (χ0v) is 14.9. The number of hydrogen-bond acceptors (Lipinski definition) is 4. The molecule has 0 radical (unpaired) electrons. The second-order valence-electron chi connectivity index (χ2n) is 5.16. The number of fused-ring (bicyclic) bond motifs is 1. The smallest absolute Gasteiger partial charge is 0.329 e. The zero-order chi connectivity index (χ0) is 17.3. The van der Waals surface area contributed by atoms with Crippen molar-refractivity contribution in [2.45, 2.75) is 12.3 Å². The van der Waals surface area contributed by atoms with Gasteiger partial charge in [0.1, 0.15) is 16.9 Å². The zero-order valence-electron chi connectivity index (χ0n) is 12.6. The molecular weight excluding hydrogens is 396 g/mol. The summed E-state index contributed by atoms with van der Waals surface area (Å²) in [6.45, 7) is 1.52. The van der Waals surface area contributed by atoms with Crippen molar-refractivity contribution in [2.24, 2.45) is 0 Å². The van der Waals surface area contributed by atoms with Gasteiger partial charge in [-0.2, -0.15) is 0 Å². The molecule has 0 saturated heterocycles. The first kappa shape index (κ1) is 16.7. The van der Waals surface area contributed by atoms with Crippen molar-refractivity contribution >= 4 is 45.4 Å². The first-order chi connectivity index (χ1) is 11.5. The van der Waals surface area contributed by atoms with Gasteiger partial charge >= 0.3 is 5.97 Å². The number of ketones is 1. The van der Waals surface area contributed by atoms with E-state index >= 15 is 0 Å². The molecule has 0 amide bonds. The van der Waals surface area contributed by atoms with Gasteiger partial charge in [-0.1, -0.05) is 34.1 Å². The SMILES string of the molecule is CC(Cl)C(=O)Oc1ccc2c(c1)O/C(=C\c1ccccc1Br)C2=O. The number of alkyl halides is 1. The number of carbonyl (C=O) groups is 2. The highest BCUT2D eigenvalue weighted by Gasteiger charge is 2.28. The summed E-state index contributed by atoms with van der Waals surface area (Å²) in [4.78, 5) is 24.0. The summed E-state index contributed by atoms with van der Waals surface area (Å²) in [6, 6.07) is 12.1. The Bertz CT molecular complexity index is 858. The van der Waals surface area contributed by atoms with Gasteiger partial charge in [0.2, 0.25) is 5.78 Å². The maximum Gasteiger partial charge on any atom is 0.329 e. The molecule has 1 unspecified atom stereocenters. The number of carbonyl (C=O) groups excluding carboxylic acids is 2. The largest absolute Gasteiger partial charge is 0.452 e. The fourth-order valence-electron chi connectivity index (χ4n) is 2.16. The monoisotopic (exact) mass is 406 g/mol. The van der Waals surface area contributed by atoms with Gasteiger partial charge in [-0.25, -0.2) is 0 Å². The number of esters is 1. The van der Waals surface area contributed by atoms with Gasteiger partial charge in [0, 0.05) is 10.5 Å². The summed E-state index contributed by atoms with van der Waals surface area (Å²) < 4.78 is 11.6. The quantitative estimate of drug-likeness (QED) is 0.323. The maximum absolute atomic E-state index is 12.4. The average molecular weight is 408 g/mol. The van der Waals surface area contributed by atoms with Gasteiger partial charge in [0.25, 0.3) is 0 Å². The van der Waals surface area contributed by atoms with Gasteiger partial charge in [-0.05, 0) is 36.8 Å². The molecule has 0 spiro atoms. The summed E-state index contributed by atoms with van der Waals surface area (Å²) in [6.07, 6.45) is 1.67. The molecule has 122 valence electrons. The number of halogens is 2. The van der Waals surface area contributed by atoms with Crippen LogP contribution in [0, 0.1) is 0 Å². The molecule has 1 atom stereocenters. The number of rotatable bonds is 3. The van der Waals surface area contributed by atoms with Crippen molar-refractivity contribution in [3.63, 3.8) is 0 Å². The number of Topliss-reactive ketones (excluding diaryl/α,β-unsaturated/α-hetero) is 1. The minimum atomic E-state index is -0.758. The first-order valence-corrected chi connectivity index (χ1v) is 8.37. The van der Waals surface area contributed by atoms with Gasteiger partial charge in [0.15, 0.2) is 5.76 Å². The van der Waals surface area contributed by atoms with Crippen LogP contribution in [0.4, 0.5) is 0 Å². The summed E-state index contributed by atoms with van der Waals surface area (Å²) in [7, 11) is 0. The van der Waals surface area contributed by atoms with Crippen molar-refractivity contribution in [1.29, 1.82) is 0 Å². The molecule has 0 fully saturated rings. The van der Waals surface area contributed by atoms with Crippen molar-refractivity contribution in [2.75, 3.05) is 0 Å². The third kappa shape index (κ3) is 3.37. The molecule has 2 aromatic rings. The maximum atomic E-state index is 12.4. The number of allylic oxidation sites excluding steroid dienone is 1. The van der Waals surface area contributed by atoms with E-state index < -0.39 is 11.3 Å². The summed E-state index contributed by atoms with van der Waals surface area (Å²) >= 11 is 9.10. The van der Waals surface area contributed by atoms with Gasteiger partial charge < -0.3 is 9.47 Å². The Morgan fingerprint density at radius 1 is 1.29 bits per heavy atom. The van der Waals surface area contributed by atoms with E-state index in [9.17, 15) is 9.59 Å². The van der Waals surface area contributed by atoms with Crippen LogP contribution in [-0.2, 0) is 4.79 Å². The fraction of sp³-hybridized carbons (Fsp3) is 0.111. The Kier molecular flexibility index (Phi) is 4.73. The van der Waals surface area contributed by atoms with E-state index in [1.165, 1.54) is 13.0 Å². The summed E-state index contributed by atoms with van der Waals surface area (Å²) in [5.41, 5.74) is 1.25. The van der Waals surface area contributed by atoms with Crippen molar-refractivity contribution in [3.8, 4) is 11.5 Å². The van der Waals surface area contributed by atoms with E-state index in [0.717, 1.165) is 10.0 Å². The predicted octanol–water partition coefficient (Wildman–Crippen LogP) is 4.60. The highest BCUT2D eigenvalue weighted by Crippen LogP contribution is 2.35. The molecule has 1 heterocycles.